The number of nitrogens with zero attached hydrogens (tertiary/aromatic N) is 4. The van der Waals surface area contributed by atoms with Crippen LogP contribution in [0.3, 0.4) is 0 Å². The van der Waals surface area contributed by atoms with Crippen molar-refractivity contribution in [2.24, 2.45) is 0 Å². The first-order valence-corrected chi connectivity index (χ1v) is 9.06. The molecule has 9 heteroatoms. The molecular weight excluding hydrogens is 392 g/mol. The molecule has 0 aliphatic rings. The number of amides is 1. The van der Waals surface area contributed by atoms with Gasteiger partial charge in [0.05, 0.1) is 17.6 Å². The van der Waals surface area contributed by atoms with Gasteiger partial charge in [0.1, 0.15) is 23.3 Å². The molecule has 2 heterocycles. The summed E-state index contributed by atoms with van der Waals surface area (Å²) in [4.78, 5) is 20.4. The number of rotatable bonds is 5. The van der Waals surface area contributed by atoms with Gasteiger partial charge in [0.2, 0.25) is 5.88 Å². The summed E-state index contributed by atoms with van der Waals surface area (Å²) >= 11 is 0. The zero-order valence-electron chi connectivity index (χ0n) is 16.2. The van der Waals surface area contributed by atoms with Crippen molar-refractivity contribution in [1.82, 2.24) is 19.7 Å². The van der Waals surface area contributed by atoms with Crippen LogP contribution in [0.25, 0.3) is 16.7 Å². The Balaban J connectivity index is 1.54. The molecule has 0 bridgehead atoms. The summed E-state index contributed by atoms with van der Waals surface area (Å²) in [5.74, 6) is -2.05. The molecule has 1 N–H and O–H groups in total. The predicted octanol–water partition coefficient (Wildman–Crippen LogP) is 3.73. The summed E-state index contributed by atoms with van der Waals surface area (Å²) in [5, 5.41) is 7.23. The lowest BCUT2D eigenvalue weighted by molar-refractivity contribution is -0.118. The van der Waals surface area contributed by atoms with Gasteiger partial charge in [-0.1, -0.05) is 6.07 Å². The number of halogens is 2. The minimum absolute atomic E-state index is 0.138. The average molecular weight is 409 g/mol. The van der Waals surface area contributed by atoms with Crippen LogP contribution in [0.5, 0.6) is 5.88 Å². The SMILES string of the molecule is Cc1cc(C)cc(-n2ncc3c(OCC(=O)Nc4ccc(F)cc4F)ncnc32)c1. The Morgan fingerprint density at radius 2 is 1.87 bits per heavy atom. The monoisotopic (exact) mass is 409 g/mol. The highest BCUT2D eigenvalue weighted by atomic mass is 19.1. The van der Waals surface area contributed by atoms with E-state index in [1.807, 2.05) is 26.0 Å². The highest BCUT2D eigenvalue weighted by molar-refractivity contribution is 5.92. The zero-order valence-corrected chi connectivity index (χ0v) is 16.2. The van der Waals surface area contributed by atoms with Gasteiger partial charge in [0.25, 0.3) is 5.91 Å². The number of hydrogen-bond donors (Lipinski definition) is 1. The molecule has 2 aromatic heterocycles. The van der Waals surface area contributed by atoms with Crippen molar-refractivity contribution in [2.75, 3.05) is 11.9 Å². The Hall–Kier alpha value is -3.88. The molecule has 0 atom stereocenters. The van der Waals surface area contributed by atoms with Crippen LogP contribution >= 0.6 is 0 Å². The average Bonchev–Trinajstić information content (AvgIpc) is 3.12. The number of nitrogens with one attached hydrogen (secondary N) is 1. The van der Waals surface area contributed by atoms with E-state index in [2.05, 4.69) is 26.4 Å². The van der Waals surface area contributed by atoms with Crippen molar-refractivity contribution < 1.29 is 18.3 Å². The van der Waals surface area contributed by atoms with Crippen molar-refractivity contribution in [3.63, 3.8) is 0 Å². The molecule has 2 aromatic carbocycles. The quantitative estimate of drug-likeness (QED) is 0.543. The maximum atomic E-state index is 13.7. The molecule has 0 unspecified atom stereocenters. The predicted molar refractivity (Wildman–Crippen MR) is 107 cm³/mol. The van der Waals surface area contributed by atoms with Gasteiger partial charge in [-0.2, -0.15) is 5.10 Å². The topological polar surface area (TPSA) is 81.9 Å². The van der Waals surface area contributed by atoms with Gasteiger partial charge < -0.3 is 10.1 Å². The number of aryl methyl sites for hydroxylation is 2. The second-order valence-electron chi connectivity index (χ2n) is 6.78. The molecule has 0 spiro atoms. The molecule has 1 amide bonds. The first-order chi connectivity index (χ1) is 14.4. The fourth-order valence-electron chi connectivity index (χ4n) is 3.11. The van der Waals surface area contributed by atoms with E-state index in [0.29, 0.717) is 17.1 Å². The van der Waals surface area contributed by atoms with Crippen molar-refractivity contribution in [1.29, 1.82) is 0 Å². The summed E-state index contributed by atoms with van der Waals surface area (Å²) in [6.45, 7) is 3.57. The molecular formula is C21H17F2N5O2. The van der Waals surface area contributed by atoms with E-state index in [-0.39, 0.29) is 11.6 Å². The standard InChI is InChI=1S/C21H17F2N5O2/c1-12-5-13(2)7-15(6-12)28-20-16(9-26-28)21(25-11-24-20)30-10-19(29)27-18-4-3-14(22)8-17(18)23/h3-9,11H,10H2,1-2H3,(H,27,29). The van der Waals surface area contributed by atoms with E-state index in [4.69, 9.17) is 4.74 Å². The summed E-state index contributed by atoms with van der Waals surface area (Å²) in [6.07, 6.45) is 2.87. The molecule has 0 fully saturated rings. The Bertz CT molecular complexity index is 1240. The summed E-state index contributed by atoms with van der Waals surface area (Å²) in [5.41, 5.74) is 3.40. The first kappa shape index (κ1) is 19.4. The minimum atomic E-state index is -0.873. The summed E-state index contributed by atoms with van der Waals surface area (Å²) in [7, 11) is 0. The molecule has 0 saturated carbocycles. The molecule has 0 saturated heterocycles. The summed E-state index contributed by atoms with van der Waals surface area (Å²) in [6, 6.07) is 8.89. The number of carbonyl (C=O) groups excluding carboxylic acids is 1. The Morgan fingerprint density at radius 1 is 1.10 bits per heavy atom. The lowest BCUT2D eigenvalue weighted by atomic mass is 10.1. The third kappa shape index (κ3) is 3.95. The third-order valence-electron chi connectivity index (χ3n) is 4.33. The van der Waals surface area contributed by atoms with Gasteiger partial charge >= 0.3 is 0 Å². The normalized spacial score (nSPS) is 10.9. The molecule has 4 aromatic rings. The molecule has 4 rings (SSSR count). The number of fused-ring (bicyclic) bond motifs is 1. The van der Waals surface area contributed by atoms with E-state index in [1.54, 1.807) is 10.9 Å². The Labute approximate surface area is 170 Å². The van der Waals surface area contributed by atoms with E-state index < -0.39 is 24.1 Å². The lowest BCUT2D eigenvalue weighted by Gasteiger charge is -2.09. The number of anilines is 1. The van der Waals surface area contributed by atoms with Crippen LogP contribution in [-0.2, 0) is 4.79 Å². The number of carbonyl (C=O) groups is 1. The number of ether oxygens (including phenoxy) is 1. The second kappa shape index (κ2) is 7.86. The molecule has 152 valence electrons. The number of aromatic nitrogens is 4. The van der Waals surface area contributed by atoms with Gasteiger partial charge in [-0.3, -0.25) is 4.79 Å². The lowest BCUT2D eigenvalue weighted by Crippen LogP contribution is -2.21. The number of benzene rings is 2. The first-order valence-electron chi connectivity index (χ1n) is 9.06. The molecule has 0 aliphatic heterocycles. The minimum Gasteiger partial charge on any atom is -0.467 e. The Kier molecular flexibility index (Phi) is 5.09. The van der Waals surface area contributed by atoms with Gasteiger partial charge in [-0.15, -0.1) is 0 Å². The van der Waals surface area contributed by atoms with Gasteiger partial charge in [-0.05, 0) is 49.2 Å². The molecule has 7 nitrogen and oxygen atoms in total. The third-order valence-corrected chi connectivity index (χ3v) is 4.33. The van der Waals surface area contributed by atoms with Crippen molar-refractivity contribution in [2.45, 2.75) is 13.8 Å². The Morgan fingerprint density at radius 3 is 2.60 bits per heavy atom. The van der Waals surface area contributed by atoms with Crippen LogP contribution in [0.15, 0.2) is 48.9 Å². The van der Waals surface area contributed by atoms with Gasteiger partial charge in [-0.25, -0.2) is 23.4 Å². The number of hydrogen-bond acceptors (Lipinski definition) is 5. The van der Waals surface area contributed by atoms with Crippen LogP contribution < -0.4 is 10.1 Å². The molecule has 30 heavy (non-hydrogen) atoms. The van der Waals surface area contributed by atoms with Crippen molar-refractivity contribution in [3.8, 4) is 11.6 Å². The second-order valence-corrected chi connectivity index (χ2v) is 6.78. The van der Waals surface area contributed by atoms with Crippen molar-refractivity contribution >= 4 is 22.6 Å². The summed E-state index contributed by atoms with van der Waals surface area (Å²) < 4.78 is 33.8. The van der Waals surface area contributed by atoms with Crippen LogP contribution in [0.1, 0.15) is 11.1 Å². The van der Waals surface area contributed by atoms with Crippen molar-refractivity contribution in [3.05, 3.63) is 71.7 Å². The van der Waals surface area contributed by atoms with Crippen LogP contribution in [-0.4, -0.2) is 32.3 Å². The van der Waals surface area contributed by atoms with E-state index in [0.717, 1.165) is 28.9 Å². The van der Waals surface area contributed by atoms with E-state index in [9.17, 15) is 13.6 Å². The van der Waals surface area contributed by atoms with Crippen LogP contribution in [0, 0.1) is 25.5 Å². The smallest absolute Gasteiger partial charge is 0.262 e. The highest BCUT2D eigenvalue weighted by Crippen LogP contribution is 2.24. The fraction of sp³-hybridized carbons (Fsp3) is 0.143. The largest absolute Gasteiger partial charge is 0.467 e. The maximum absolute atomic E-state index is 13.7. The molecule has 0 radical (unpaired) electrons. The fourth-order valence-corrected chi connectivity index (χ4v) is 3.11. The van der Waals surface area contributed by atoms with E-state index in [1.165, 1.54) is 6.33 Å². The van der Waals surface area contributed by atoms with Crippen LogP contribution in [0.4, 0.5) is 14.5 Å². The van der Waals surface area contributed by atoms with E-state index >= 15 is 0 Å². The zero-order chi connectivity index (χ0) is 21.3. The van der Waals surface area contributed by atoms with Gasteiger partial charge in [0.15, 0.2) is 12.3 Å². The van der Waals surface area contributed by atoms with Gasteiger partial charge in [0, 0.05) is 6.07 Å². The molecule has 0 aliphatic carbocycles. The highest BCUT2D eigenvalue weighted by Gasteiger charge is 2.15. The van der Waals surface area contributed by atoms with Crippen LogP contribution in [0.2, 0.25) is 0 Å². The maximum Gasteiger partial charge on any atom is 0.262 e.